The minimum atomic E-state index is -1.36. The number of ether oxygens (including phenoxy) is 1. The van der Waals surface area contributed by atoms with Crippen molar-refractivity contribution in [3.05, 3.63) is 48.5 Å². The summed E-state index contributed by atoms with van der Waals surface area (Å²) in [6.45, 7) is 0. The maximum atomic E-state index is 10.6. The lowest BCUT2D eigenvalue weighted by Gasteiger charge is -2.08. The first-order valence-electron chi connectivity index (χ1n) is 5.12. The zero-order chi connectivity index (χ0) is 13.0. The molecule has 0 heterocycles. The van der Waals surface area contributed by atoms with E-state index < -0.39 is 6.16 Å². The molecule has 2 rings (SSSR count). The van der Waals surface area contributed by atoms with Crippen LogP contribution in [-0.2, 0) is 0 Å². The fraction of sp³-hybridized carbons (Fsp3) is 0. The Kier molecular flexibility index (Phi) is 3.74. The molecule has 0 spiro atoms. The molecule has 2 aromatic carbocycles. The van der Waals surface area contributed by atoms with Gasteiger partial charge in [-0.05, 0) is 24.3 Å². The Bertz CT molecular complexity index is 568. The number of para-hydroxylation sites is 2. The summed E-state index contributed by atoms with van der Waals surface area (Å²) < 4.78 is 4.67. The zero-order valence-corrected chi connectivity index (χ0v) is 10.1. The molecule has 0 amide bonds. The molecule has 0 unspecified atom stereocenters. The molecule has 2 aromatic rings. The van der Waals surface area contributed by atoms with Crippen molar-refractivity contribution in [2.75, 3.05) is 0 Å². The van der Waals surface area contributed by atoms with E-state index in [0.29, 0.717) is 9.79 Å². The fourth-order valence-electron chi connectivity index (χ4n) is 1.37. The predicted molar refractivity (Wildman–Crippen MR) is 67.3 cm³/mol. The number of phenolic OH excluding ortho intramolecular Hbond substituents is 1. The molecule has 0 aliphatic carbocycles. The highest BCUT2D eigenvalue weighted by Crippen LogP contribution is 2.38. The second-order valence-electron chi connectivity index (χ2n) is 3.38. The number of aromatic hydroxyl groups is 1. The van der Waals surface area contributed by atoms with Crippen LogP contribution in [0.4, 0.5) is 4.79 Å². The van der Waals surface area contributed by atoms with Crippen molar-refractivity contribution in [2.45, 2.75) is 9.79 Å². The first-order chi connectivity index (χ1) is 8.66. The van der Waals surface area contributed by atoms with Gasteiger partial charge in [0, 0.05) is 0 Å². The van der Waals surface area contributed by atoms with Gasteiger partial charge in [0.1, 0.15) is 11.5 Å². The zero-order valence-electron chi connectivity index (χ0n) is 9.24. The number of benzene rings is 2. The molecule has 0 bridgehead atoms. The van der Waals surface area contributed by atoms with Crippen LogP contribution in [0.3, 0.4) is 0 Å². The molecule has 0 saturated heterocycles. The van der Waals surface area contributed by atoms with E-state index in [1.165, 1.54) is 11.8 Å². The minimum Gasteiger partial charge on any atom is -0.507 e. The normalized spacial score (nSPS) is 10.0. The van der Waals surface area contributed by atoms with E-state index in [2.05, 4.69) is 4.74 Å². The van der Waals surface area contributed by atoms with Gasteiger partial charge in [0.25, 0.3) is 0 Å². The molecule has 0 fully saturated rings. The molecular formula is C13H10O4S. The van der Waals surface area contributed by atoms with Crippen LogP contribution >= 0.6 is 11.8 Å². The van der Waals surface area contributed by atoms with Gasteiger partial charge in [0.05, 0.1) is 9.79 Å². The number of carbonyl (C=O) groups is 1. The van der Waals surface area contributed by atoms with Crippen molar-refractivity contribution >= 4 is 17.9 Å². The molecule has 5 heteroatoms. The van der Waals surface area contributed by atoms with Gasteiger partial charge in [-0.15, -0.1) is 0 Å². The first-order valence-corrected chi connectivity index (χ1v) is 5.94. The average Bonchev–Trinajstić information content (AvgIpc) is 2.34. The highest BCUT2D eigenvalue weighted by atomic mass is 32.2. The lowest BCUT2D eigenvalue weighted by molar-refractivity contribution is 0.143. The van der Waals surface area contributed by atoms with Crippen LogP contribution in [0.5, 0.6) is 11.5 Å². The minimum absolute atomic E-state index is 0.146. The lowest BCUT2D eigenvalue weighted by Crippen LogP contribution is -2.03. The van der Waals surface area contributed by atoms with Crippen LogP contribution < -0.4 is 4.74 Å². The molecule has 0 aliphatic heterocycles. The summed E-state index contributed by atoms with van der Waals surface area (Å²) in [4.78, 5) is 11.8. The summed E-state index contributed by atoms with van der Waals surface area (Å²) in [5, 5.41) is 18.3. The second-order valence-corrected chi connectivity index (χ2v) is 4.47. The van der Waals surface area contributed by atoms with E-state index in [9.17, 15) is 9.90 Å². The number of phenols is 1. The molecule has 0 aromatic heterocycles. The number of rotatable bonds is 3. The van der Waals surface area contributed by atoms with Crippen molar-refractivity contribution in [3.63, 3.8) is 0 Å². The lowest BCUT2D eigenvalue weighted by atomic mass is 10.3. The summed E-state index contributed by atoms with van der Waals surface area (Å²) in [7, 11) is 0. The molecule has 18 heavy (non-hydrogen) atoms. The first kappa shape index (κ1) is 12.3. The summed E-state index contributed by atoms with van der Waals surface area (Å²) in [6, 6.07) is 13.6. The number of hydrogen-bond donors (Lipinski definition) is 2. The topological polar surface area (TPSA) is 66.8 Å². The average molecular weight is 262 g/mol. The highest BCUT2D eigenvalue weighted by Gasteiger charge is 2.10. The van der Waals surface area contributed by atoms with Gasteiger partial charge < -0.3 is 14.9 Å². The van der Waals surface area contributed by atoms with E-state index in [-0.39, 0.29) is 11.5 Å². The van der Waals surface area contributed by atoms with Crippen LogP contribution in [0.2, 0.25) is 0 Å². The largest absolute Gasteiger partial charge is 0.511 e. The molecule has 2 N–H and O–H groups in total. The van der Waals surface area contributed by atoms with Gasteiger partial charge in [-0.25, -0.2) is 4.79 Å². The maximum absolute atomic E-state index is 10.6. The monoisotopic (exact) mass is 262 g/mol. The van der Waals surface area contributed by atoms with E-state index in [1.807, 2.05) is 0 Å². The maximum Gasteiger partial charge on any atom is 0.511 e. The number of carboxylic acid groups (broad SMARTS) is 1. The van der Waals surface area contributed by atoms with Crippen LogP contribution in [0.15, 0.2) is 58.3 Å². The van der Waals surface area contributed by atoms with Gasteiger partial charge in [-0.2, -0.15) is 0 Å². The molecular weight excluding hydrogens is 252 g/mol. The standard InChI is InChI=1S/C13H10O4S/c14-9-5-1-3-7-11(9)18-12-8-4-2-6-10(12)17-13(15)16/h1-8,14H,(H,15,16). The van der Waals surface area contributed by atoms with Gasteiger partial charge in [-0.1, -0.05) is 36.0 Å². The van der Waals surface area contributed by atoms with Crippen molar-refractivity contribution < 1.29 is 19.7 Å². The smallest absolute Gasteiger partial charge is 0.507 e. The van der Waals surface area contributed by atoms with E-state index in [4.69, 9.17) is 5.11 Å². The van der Waals surface area contributed by atoms with Crippen molar-refractivity contribution in [1.82, 2.24) is 0 Å². The van der Waals surface area contributed by atoms with E-state index >= 15 is 0 Å². The highest BCUT2D eigenvalue weighted by molar-refractivity contribution is 7.99. The Morgan fingerprint density at radius 3 is 2.28 bits per heavy atom. The Morgan fingerprint density at radius 1 is 1.00 bits per heavy atom. The van der Waals surface area contributed by atoms with Crippen LogP contribution in [-0.4, -0.2) is 16.4 Å². The fourth-order valence-corrected chi connectivity index (χ4v) is 2.29. The van der Waals surface area contributed by atoms with Crippen molar-refractivity contribution in [1.29, 1.82) is 0 Å². The SMILES string of the molecule is O=C(O)Oc1ccccc1Sc1ccccc1O. The third-order valence-corrected chi connectivity index (χ3v) is 3.25. The van der Waals surface area contributed by atoms with Crippen LogP contribution in [0.1, 0.15) is 0 Å². The van der Waals surface area contributed by atoms with Crippen LogP contribution in [0, 0.1) is 0 Å². The van der Waals surface area contributed by atoms with Crippen molar-refractivity contribution in [3.8, 4) is 11.5 Å². The van der Waals surface area contributed by atoms with Crippen molar-refractivity contribution in [2.24, 2.45) is 0 Å². The van der Waals surface area contributed by atoms with Gasteiger partial charge in [0.2, 0.25) is 0 Å². The van der Waals surface area contributed by atoms with E-state index in [0.717, 1.165) is 0 Å². The summed E-state index contributed by atoms with van der Waals surface area (Å²) in [5.41, 5.74) is 0. The molecule has 0 atom stereocenters. The molecule has 0 radical (unpaired) electrons. The van der Waals surface area contributed by atoms with Crippen LogP contribution in [0.25, 0.3) is 0 Å². The summed E-state index contributed by atoms with van der Waals surface area (Å²) in [6.07, 6.45) is -1.36. The Morgan fingerprint density at radius 2 is 1.61 bits per heavy atom. The Labute approximate surface area is 108 Å². The second kappa shape index (κ2) is 5.46. The van der Waals surface area contributed by atoms with E-state index in [1.54, 1.807) is 48.5 Å². The Balaban J connectivity index is 2.29. The third-order valence-electron chi connectivity index (χ3n) is 2.13. The Hall–Kier alpha value is -2.14. The molecule has 4 nitrogen and oxygen atoms in total. The number of hydrogen-bond acceptors (Lipinski definition) is 4. The quantitative estimate of drug-likeness (QED) is 0.653. The predicted octanol–water partition coefficient (Wildman–Crippen LogP) is 3.60. The molecule has 0 aliphatic rings. The summed E-state index contributed by atoms with van der Waals surface area (Å²) in [5.74, 6) is 0.394. The van der Waals surface area contributed by atoms with Gasteiger partial charge in [0.15, 0.2) is 0 Å². The van der Waals surface area contributed by atoms with Gasteiger partial charge in [-0.3, -0.25) is 0 Å². The molecule has 0 saturated carbocycles. The summed E-state index contributed by atoms with van der Waals surface area (Å²) >= 11 is 1.24. The molecule has 92 valence electrons. The van der Waals surface area contributed by atoms with Gasteiger partial charge >= 0.3 is 6.16 Å². The third kappa shape index (κ3) is 2.95.